The third-order valence-corrected chi connectivity index (χ3v) is 5.14. The van der Waals surface area contributed by atoms with Crippen molar-refractivity contribution >= 4 is 22.6 Å². The number of imidazole rings is 1. The van der Waals surface area contributed by atoms with Gasteiger partial charge in [-0.2, -0.15) is 5.10 Å². The monoisotopic (exact) mass is 366 g/mol. The van der Waals surface area contributed by atoms with E-state index in [9.17, 15) is 4.79 Å². The molecule has 0 unspecified atom stereocenters. The Labute approximate surface area is 156 Å². The van der Waals surface area contributed by atoms with Crippen LogP contribution < -0.4 is 5.32 Å². The maximum atomic E-state index is 12.1. The maximum Gasteiger partial charge on any atom is 0.227 e. The summed E-state index contributed by atoms with van der Waals surface area (Å²) in [6.45, 7) is 4.42. The van der Waals surface area contributed by atoms with Gasteiger partial charge in [-0.1, -0.05) is 6.07 Å². The van der Waals surface area contributed by atoms with Crippen LogP contribution in [0.3, 0.4) is 0 Å². The minimum absolute atomic E-state index is 0.0570. The molecular weight excluding hydrogens is 344 g/mol. The topological polar surface area (TPSA) is 98.9 Å². The molecule has 1 saturated carbocycles. The van der Waals surface area contributed by atoms with Crippen LogP contribution in [0, 0.1) is 5.92 Å². The minimum Gasteiger partial charge on any atom is -0.379 e. The van der Waals surface area contributed by atoms with Crippen LogP contribution in [0.1, 0.15) is 18.4 Å². The number of hydrogen-bond donors (Lipinski definition) is 3. The molecular formula is C19H22N6O2. The van der Waals surface area contributed by atoms with E-state index >= 15 is 0 Å². The summed E-state index contributed by atoms with van der Waals surface area (Å²) < 4.78 is 5.41. The molecule has 3 heterocycles. The average molecular weight is 366 g/mol. The van der Waals surface area contributed by atoms with Crippen molar-refractivity contribution in [3.05, 3.63) is 30.0 Å². The number of nitrogens with zero attached hydrogens (tertiary/aromatic N) is 3. The van der Waals surface area contributed by atoms with Gasteiger partial charge in [0, 0.05) is 25.6 Å². The Morgan fingerprint density at radius 3 is 2.96 bits per heavy atom. The fourth-order valence-electron chi connectivity index (χ4n) is 3.43. The Morgan fingerprint density at radius 1 is 1.30 bits per heavy atom. The van der Waals surface area contributed by atoms with Crippen molar-refractivity contribution in [1.29, 1.82) is 0 Å². The number of hydrogen-bond acceptors (Lipinski definition) is 5. The van der Waals surface area contributed by atoms with Crippen LogP contribution >= 0.6 is 0 Å². The van der Waals surface area contributed by atoms with Gasteiger partial charge in [0.1, 0.15) is 5.69 Å². The number of aromatic amines is 2. The highest BCUT2D eigenvalue weighted by Gasteiger charge is 2.30. The second-order valence-electron chi connectivity index (χ2n) is 7.25. The van der Waals surface area contributed by atoms with E-state index in [1.54, 1.807) is 6.20 Å². The van der Waals surface area contributed by atoms with Crippen LogP contribution in [0.25, 0.3) is 22.6 Å². The first-order valence-corrected chi connectivity index (χ1v) is 9.39. The molecule has 8 heteroatoms. The number of aromatic nitrogens is 4. The highest BCUT2D eigenvalue weighted by molar-refractivity contribution is 5.97. The lowest BCUT2D eigenvalue weighted by Crippen LogP contribution is -2.35. The van der Waals surface area contributed by atoms with Gasteiger partial charge in [-0.3, -0.25) is 14.8 Å². The van der Waals surface area contributed by atoms with Gasteiger partial charge in [-0.15, -0.1) is 0 Å². The number of carbonyl (C=O) groups excluding carboxylic acids is 1. The predicted molar refractivity (Wildman–Crippen MR) is 101 cm³/mol. The summed E-state index contributed by atoms with van der Waals surface area (Å²) in [6, 6.07) is 6.29. The van der Waals surface area contributed by atoms with E-state index in [0.29, 0.717) is 17.2 Å². The number of morpholine rings is 1. The van der Waals surface area contributed by atoms with Crippen molar-refractivity contribution in [2.24, 2.45) is 5.92 Å². The molecule has 2 aromatic heterocycles. The highest BCUT2D eigenvalue weighted by Crippen LogP contribution is 2.32. The Hall–Kier alpha value is -2.71. The van der Waals surface area contributed by atoms with Crippen LogP contribution in [-0.4, -0.2) is 57.3 Å². The maximum absolute atomic E-state index is 12.1. The number of H-pyrrole nitrogens is 2. The van der Waals surface area contributed by atoms with Crippen molar-refractivity contribution in [1.82, 2.24) is 25.1 Å². The van der Waals surface area contributed by atoms with Crippen molar-refractivity contribution in [2.45, 2.75) is 19.4 Å². The zero-order valence-corrected chi connectivity index (χ0v) is 15.0. The largest absolute Gasteiger partial charge is 0.379 e. The summed E-state index contributed by atoms with van der Waals surface area (Å²) in [4.78, 5) is 22.5. The molecule has 0 radical (unpaired) electrons. The van der Waals surface area contributed by atoms with Crippen LogP contribution in [0.5, 0.6) is 0 Å². The molecule has 3 N–H and O–H groups in total. The lowest BCUT2D eigenvalue weighted by Gasteiger charge is -2.26. The second kappa shape index (κ2) is 6.79. The van der Waals surface area contributed by atoms with E-state index in [4.69, 9.17) is 4.74 Å². The molecule has 1 saturated heterocycles. The van der Waals surface area contributed by atoms with Gasteiger partial charge in [-0.05, 0) is 30.5 Å². The third-order valence-electron chi connectivity index (χ3n) is 5.14. The Morgan fingerprint density at radius 2 is 2.15 bits per heavy atom. The summed E-state index contributed by atoms with van der Waals surface area (Å²) in [6.07, 6.45) is 3.57. The molecule has 27 heavy (non-hydrogen) atoms. The van der Waals surface area contributed by atoms with E-state index < -0.39 is 0 Å². The third kappa shape index (κ3) is 3.45. The fraction of sp³-hybridized carbons (Fsp3) is 0.421. The molecule has 3 aromatic rings. The predicted octanol–water partition coefficient (Wildman–Crippen LogP) is 2.13. The SMILES string of the molecule is O=C(Nc1cn[nH]c1-c1nc2ccc(CN3CCOCC3)cc2[nH]1)C1CC1. The summed E-state index contributed by atoms with van der Waals surface area (Å²) >= 11 is 0. The van der Waals surface area contributed by atoms with Crippen molar-refractivity contribution < 1.29 is 9.53 Å². The van der Waals surface area contributed by atoms with E-state index in [2.05, 4.69) is 42.5 Å². The van der Waals surface area contributed by atoms with Crippen LogP contribution in [0.4, 0.5) is 5.69 Å². The zero-order valence-electron chi connectivity index (χ0n) is 15.0. The quantitative estimate of drug-likeness (QED) is 0.642. The van der Waals surface area contributed by atoms with Crippen LogP contribution in [0.2, 0.25) is 0 Å². The first kappa shape index (κ1) is 16.5. The van der Waals surface area contributed by atoms with Crippen molar-refractivity contribution in [3.8, 4) is 11.5 Å². The highest BCUT2D eigenvalue weighted by atomic mass is 16.5. The van der Waals surface area contributed by atoms with Crippen LogP contribution in [0.15, 0.2) is 24.4 Å². The number of carbonyl (C=O) groups is 1. The number of benzene rings is 1. The summed E-state index contributed by atoms with van der Waals surface area (Å²) in [5, 5.41) is 9.98. The lowest BCUT2D eigenvalue weighted by atomic mass is 10.2. The van der Waals surface area contributed by atoms with Gasteiger partial charge in [0.05, 0.1) is 36.1 Å². The van der Waals surface area contributed by atoms with E-state index in [1.807, 2.05) is 6.07 Å². The van der Waals surface area contributed by atoms with Gasteiger partial charge in [0.2, 0.25) is 5.91 Å². The lowest BCUT2D eigenvalue weighted by molar-refractivity contribution is -0.117. The average Bonchev–Trinajstić information content (AvgIpc) is 3.30. The Balaban J connectivity index is 1.38. The zero-order chi connectivity index (χ0) is 18.2. The molecule has 0 bridgehead atoms. The molecule has 8 nitrogen and oxygen atoms in total. The molecule has 0 spiro atoms. The normalized spacial score (nSPS) is 18.1. The first-order valence-electron chi connectivity index (χ1n) is 9.39. The number of nitrogens with one attached hydrogen (secondary N) is 3. The van der Waals surface area contributed by atoms with Gasteiger partial charge in [-0.25, -0.2) is 4.98 Å². The van der Waals surface area contributed by atoms with Crippen molar-refractivity contribution in [2.75, 3.05) is 31.6 Å². The minimum atomic E-state index is 0.0570. The van der Waals surface area contributed by atoms with Crippen LogP contribution in [-0.2, 0) is 16.1 Å². The molecule has 1 amide bonds. The number of fused-ring (bicyclic) bond motifs is 1. The molecule has 2 fully saturated rings. The molecule has 5 rings (SSSR count). The summed E-state index contributed by atoms with van der Waals surface area (Å²) in [5.74, 6) is 0.879. The summed E-state index contributed by atoms with van der Waals surface area (Å²) in [7, 11) is 0. The van der Waals surface area contributed by atoms with E-state index in [0.717, 1.165) is 56.7 Å². The van der Waals surface area contributed by atoms with Gasteiger partial charge in [0.25, 0.3) is 0 Å². The second-order valence-corrected chi connectivity index (χ2v) is 7.25. The van der Waals surface area contributed by atoms with Gasteiger partial charge < -0.3 is 15.0 Å². The molecule has 140 valence electrons. The van der Waals surface area contributed by atoms with Crippen molar-refractivity contribution in [3.63, 3.8) is 0 Å². The fourth-order valence-corrected chi connectivity index (χ4v) is 3.43. The molecule has 1 aliphatic carbocycles. The summed E-state index contributed by atoms with van der Waals surface area (Å²) in [5.41, 5.74) is 4.48. The molecule has 1 aliphatic heterocycles. The van der Waals surface area contributed by atoms with Gasteiger partial charge in [0.15, 0.2) is 5.82 Å². The Kier molecular flexibility index (Phi) is 4.14. The number of rotatable bonds is 5. The van der Waals surface area contributed by atoms with Gasteiger partial charge >= 0.3 is 0 Å². The number of ether oxygens (including phenoxy) is 1. The molecule has 0 atom stereocenters. The smallest absolute Gasteiger partial charge is 0.227 e. The Bertz CT molecular complexity index is 968. The standard InChI is InChI=1S/C19H22N6O2/c26-19(13-2-3-13)23-16-10-20-24-17(16)18-21-14-4-1-12(9-15(14)22-18)11-25-5-7-27-8-6-25/h1,4,9-10,13H,2-3,5-8,11H2,(H,20,24)(H,21,22)(H,23,26). The first-order chi connectivity index (χ1) is 13.3. The number of amides is 1. The number of anilines is 1. The van der Waals surface area contributed by atoms with E-state index in [1.165, 1.54) is 5.56 Å². The molecule has 1 aromatic carbocycles. The van der Waals surface area contributed by atoms with E-state index in [-0.39, 0.29) is 11.8 Å². The molecule has 2 aliphatic rings.